The van der Waals surface area contributed by atoms with E-state index >= 15 is 0 Å². The van der Waals surface area contributed by atoms with E-state index < -0.39 is 5.91 Å². The van der Waals surface area contributed by atoms with Crippen LogP contribution in [-0.4, -0.2) is 27.8 Å². The zero-order chi connectivity index (χ0) is 13.1. The van der Waals surface area contributed by atoms with Crippen LogP contribution < -0.4 is 16.2 Å². The van der Waals surface area contributed by atoms with Crippen LogP contribution in [0.1, 0.15) is 16.1 Å². The number of nitrogens with two attached hydrogens (primary N) is 2. The number of hydrogen-bond acceptors (Lipinski definition) is 5. The average Bonchev–Trinajstić information content (AvgIpc) is 2.71. The van der Waals surface area contributed by atoms with Crippen molar-refractivity contribution < 1.29 is 9.53 Å². The summed E-state index contributed by atoms with van der Waals surface area (Å²) in [6, 6.07) is 3.65. The van der Waals surface area contributed by atoms with Gasteiger partial charge in [0.05, 0.1) is 19.3 Å². The van der Waals surface area contributed by atoms with E-state index in [-0.39, 0.29) is 11.4 Å². The molecule has 0 aliphatic heterocycles. The maximum absolute atomic E-state index is 11.0. The Labute approximate surface area is 103 Å². The number of nitrogens with zero attached hydrogens (tertiary/aromatic N) is 3. The zero-order valence-corrected chi connectivity index (χ0v) is 9.83. The van der Waals surface area contributed by atoms with Crippen LogP contribution in [0, 0.1) is 0 Å². The molecule has 2 heterocycles. The van der Waals surface area contributed by atoms with Crippen LogP contribution in [0.25, 0.3) is 0 Å². The number of carbonyl (C=O) groups excluding carboxylic acids is 1. The Balaban J connectivity index is 2.29. The molecule has 2 aromatic heterocycles. The third-order valence-electron chi connectivity index (χ3n) is 2.40. The summed E-state index contributed by atoms with van der Waals surface area (Å²) >= 11 is 0. The lowest BCUT2D eigenvalue weighted by molar-refractivity contribution is 0.0995. The van der Waals surface area contributed by atoms with E-state index in [1.54, 1.807) is 18.5 Å². The van der Waals surface area contributed by atoms with Gasteiger partial charge in [0.25, 0.3) is 5.91 Å². The van der Waals surface area contributed by atoms with Gasteiger partial charge in [-0.3, -0.25) is 9.48 Å². The fourth-order valence-corrected chi connectivity index (χ4v) is 1.61. The smallest absolute Gasteiger partial charge is 0.271 e. The number of hydrogen-bond donors (Lipinski definition) is 2. The van der Waals surface area contributed by atoms with Gasteiger partial charge >= 0.3 is 0 Å². The molecular weight excluding hydrogens is 234 g/mol. The van der Waals surface area contributed by atoms with Crippen LogP contribution in [0.4, 0.5) is 5.69 Å². The number of anilines is 1. The Morgan fingerprint density at radius 3 is 2.94 bits per heavy atom. The fraction of sp³-hybridized carbons (Fsp3) is 0.182. The van der Waals surface area contributed by atoms with E-state index in [4.69, 9.17) is 16.2 Å². The van der Waals surface area contributed by atoms with Crippen LogP contribution in [0.5, 0.6) is 5.88 Å². The molecule has 2 rings (SSSR count). The van der Waals surface area contributed by atoms with Gasteiger partial charge in [0.2, 0.25) is 5.88 Å². The lowest BCUT2D eigenvalue weighted by Gasteiger charge is -2.06. The van der Waals surface area contributed by atoms with Gasteiger partial charge < -0.3 is 16.2 Å². The van der Waals surface area contributed by atoms with Gasteiger partial charge in [-0.1, -0.05) is 6.07 Å². The van der Waals surface area contributed by atoms with Crippen LogP contribution in [0.3, 0.4) is 0 Å². The number of amides is 1. The minimum atomic E-state index is -0.649. The van der Waals surface area contributed by atoms with Crippen molar-refractivity contribution in [3.63, 3.8) is 0 Å². The molecule has 7 heteroatoms. The lowest BCUT2D eigenvalue weighted by Crippen LogP contribution is -2.14. The molecule has 0 spiro atoms. The van der Waals surface area contributed by atoms with Crippen molar-refractivity contribution in [2.24, 2.45) is 5.73 Å². The molecule has 0 unspecified atom stereocenters. The first-order valence-electron chi connectivity index (χ1n) is 5.22. The largest absolute Gasteiger partial charge is 0.481 e. The SMILES string of the molecule is COc1ncccc1Cn1cc(N)c(C(N)=O)n1. The molecule has 0 aliphatic rings. The summed E-state index contributed by atoms with van der Waals surface area (Å²) < 4.78 is 6.65. The molecule has 1 amide bonds. The molecule has 0 bridgehead atoms. The topological polar surface area (TPSA) is 109 Å². The first kappa shape index (κ1) is 11.9. The van der Waals surface area contributed by atoms with Crippen molar-refractivity contribution in [2.75, 3.05) is 12.8 Å². The fourth-order valence-electron chi connectivity index (χ4n) is 1.61. The number of ether oxygens (including phenoxy) is 1. The number of primary amides is 1. The second-order valence-electron chi connectivity index (χ2n) is 3.67. The Morgan fingerprint density at radius 1 is 1.56 bits per heavy atom. The van der Waals surface area contributed by atoms with E-state index in [2.05, 4.69) is 10.1 Å². The summed E-state index contributed by atoms with van der Waals surface area (Å²) in [6.07, 6.45) is 3.18. The molecule has 0 saturated carbocycles. The van der Waals surface area contributed by atoms with Crippen molar-refractivity contribution in [1.82, 2.24) is 14.8 Å². The minimum absolute atomic E-state index is 0.0675. The predicted molar refractivity (Wildman–Crippen MR) is 65.0 cm³/mol. The van der Waals surface area contributed by atoms with Gasteiger partial charge in [-0.2, -0.15) is 5.10 Å². The van der Waals surface area contributed by atoms with E-state index in [0.717, 1.165) is 5.56 Å². The second kappa shape index (κ2) is 4.74. The van der Waals surface area contributed by atoms with Crippen molar-refractivity contribution in [3.05, 3.63) is 35.8 Å². The number of carbonyl (C=O) groups is 1. The number of rotatable bonds is 4. The molecule has 0 saturated heterocycles. The first-order chi connectivity index (χ1) is 8.61. The van der Waals surface area contributed by atoms with Crippen molar-refractivity contribution in [3.8, 4) is 5.88 Å². The second-order valence-corrected chi connectivity index (χ2v) is 3.67. The number of aromatic nitrogens is 3. The first-order valence-corrected chi connectivity index (χ1v) is 5.22. The summed E-state index contributed by atoms with van der Waals surface area (Å²) in [4.78, 5) is 15.1. The standard InChI is InChI=1S/C11H13N5O2/c1-18-11-7(3-2-4-14-11)5-16-6-8(12)9(15-16)10(13)17/h2-4,6H,5,12H2,1H3,(H2,13,17). The van der Waals surface area contributed by atoms with Crippen LogP contribution in [-0.2, 0) is 6.54 Å². The maximum Gasteiger partial charge on any atom is 0.271 e. The quantitative estimate of drug-likeness (QED) is 0.791. The summed E-state index contributed by atoms with van der Waals surface area (Å²) in [5.41, 5.74) is 11.9. The van der Waals surface area contributed by atoms with Gasteiger partial charge in [-0.15, -0.1) is 0 Å². The highest BCUT2D eigenvalue weighted by Gasteiger charge is 2.12. The molecule has 0 aromatic carbocycles. The Morgan fingerprint density at radius 2 is 2.33 bits per heavy atom. The van der Waals surface area contributed by atoms with Crippen LogP contribution in [0.2, 0.25) is 0 Å². The van der Waals surface area contributed by atoms with E-state index in [1.165, 1.54) is 11.8 Å². The summed E-state index contributed by atoms with van der Waals surface area (Å²) in [6.45, 7) is 0.397. The zero-order valence-electron chi connectivity index (χ0n) is 9.83. The third-order valence-corrected chi connectivity index (χ3v) is 2.40. The molecule has 7 nitrogen and oxygen atoms in total. The highest BCUT2D eigenvalue weighted by atomic mass is 16.5. The molecule has 18 heavy (non-hydrogen) atoms. The molecule has 0 atom stereocenters. The van der Waals surface area contributed by atoms with Crippen LogP contribution >= 0.6 is 0 Å². The summed E-state index contributed by atoms with van der Waals surface area (Å²) in [5.74, 6) is -0.142. The molecule has 4 N–H and O–H groups in total. The van der Waals surface area contributed by atoms with Crippen molar-refractivity contribution in [2.45, 2.75) is 6.54 Å². The third kappa shape index (κ3) is 2.24. The van der Waals surface area contributed by atoms with Gasteiger partial charge in [-0.05, 0) is 6.07 Å². The minimum Gasteiger partial charge on any atom is -0.481 e. The van der Waals surface area contributed by atoms with Gasteiger partial charge in [-0.25, -0.2) is 4.98 Å². The highest BCUT2D eigenvalue weighted by Crippen LogP contribution is 2.16. The Bertz CT molecular complexity index is 579. The highest BCUT2D eigenvalue weighted by molar-refractivity contribution is 5.95. The summed E-state index contributed by atoms with van der Waals surface area (Å²) in [5, 5.41) is 4.01. The van der Waals surface area contributed by atoms with Gasteiger partial charge in [0.1, 0.15) is 0 Å². The Kier molecular flexibility index (Phi) is 3.13. The Hall–Kier alpha value is -2.57. The monoisotopic (exact) mass is 247 g/mol. The number of nitrogen functional groups attached to an aromatic ring is 1. The van der Waals surface area contributed by atoms with Gasteiger partial charge in [0, 0.05) is 18.0 Å². The normalized spacial score (nSPS) is 10.3. The molecule has 0 aliphatic carbocycles. The number of methoxy groups -OCH3 is 1. The van der Waals surface area contributed by atoms with E-state index in [0.29, 0.717) is 12.4 Å². The van der Waals surface area contributed by atoms with Crippen molar-refractivity contribution >= 4 is 11.6 Å². The lowest BCUT2D eigenvalue weighted by atomic mass is 10.3. The number of pyridine rings is 1. The average molecular weight is 247 g/mol. The molecule has 0 fully saturated rings. The van der Waals surface area contributed by atoms with E-state index in [9.17, 15) is 4.79 Å². The van der Waals surface area contributed by atoms with Gasteiger partial charge in [0.15, 0.2) is 5.69 Å². The molecular formula is C11H13N5O2. The van der Waals surface area contributed by atoms with E-state index in [1.807, 2.05) is 6.07 Å². The maximum atomic E-state index is 11.0. The van der Waals surface area contributed by atoms with Crippen LogP contribution in [0.15, 0.2) is 24.5 Å². The summed E-state index contributed by atoms with van der Waals surface area (Å²) in [7, 11) is 1.54. The molecule has 0 radical (unpaired) electrons. The molecule has 2 aromatic rings. The predicted octanol–water partition coefficient (Wildman–Crippen LogP) is 0.0161. The molecule has 94 valence electrons. The van der Waals surface area contributed by atoms with Crippen molar-refractivity contribution in [1.29, 1.82) is 0 Å².